The van der Waals surface area contributed by atoms with Gasteiger partial charge in [-0.15, -0.1) is 0 Å². The van der Waals surface area contributed by atoms with Gasteiger partial charge < -0.3 is 35.8 Å². The highest BCUT2D eigenvalue weighted by Crippen LogP contribution is 2.26. The third-order valence-corrected chi connectivity index (χ3v) is 9.00. The second kappa shape index (κ2) is 18.3. The molecule has 0 aliphatic carbocycles. The summed E-state index contributed by atoms with van der Waals surface area (Å²) < 4.78 is 6.28. The smallest absolute Gasteiger partial charge is 0.326 e. The molecular formula is C36H50N4O9. The molecule has 0 spiro atoms. The standard InChI is InChI=1S/C36H50N4O9/c1-6-11-27(36(47)48)37-33(44)28-18-25(49-20-24-14-10-13-23-12-8-9-15-26(23)24)19-40(28)35(46)31(21(3)4)39-34(45)32(22(5)7-2)38-29(41)16-17-30(42)43/h8-10,12-15,21-22,25,27-28,31-32H,6-7,11,16-20H2,1-5H3,(H,37,44)(H,38,41)(H,39,45)(H,42,43)(H,47,48)/t22-,25+,27-,28-,31-,32-/m0/s1. The predicted molar refractivity (Wildman–Crippen MR) is 182 cm³/mol. The molecule has 1 aliphatic heterocycles. The number of nitrogens with one attached hydrogen (secondary N) is 3. The zero-order valence-corrected chi connectivity index (χ0v) is 28.9. The molecule has 13 nitrogen and oxygen atoms in total. The van der Waals surface area contributed by atoms with Crippen molar-refractivity contribution in [1.82, 2.24) is 20.9 Å². The molecule has 1 heterocycles. The lowest BCUT2D eigenvalue weighted by atomic mass is 9.96. The first-order valence-electron chi connectivity index (χ1n) is 17.0. The van der Waals surface area contributed by atoms with E-state index in [9.17, 15) is 33.9 Å². The van der Waals surface area contributed by atoms with Crippen molar-refractivity contribution in [2.24, 2.45) is 11.8 Å². The summed E-state index contributed by atoms with van der Waals surface area (Å²) in [7, 11) is 0. The third kappa shape index (κ3) is 10.7. The van der Waals surface area contributed by atoms with Crippen LogP contribution in [0.5, 0.6) is 0 Å². The van der Waals surface area contributed by atoms with Crippen LogP contribution in [0.15, 0.2) is 42.5 Å². The summed E-state index contributed by atoms with van der Waals surface area (Å²) in [4.78, 5) is 78.1. The second-order valence-electron chi connectivity index (χ2n) is 13.1. The van der Waals surface area contributed by atoms with Crippen LogP contribution in [-0.4, -0.2) is 87.5 Å². The highest BCUT2D eigenvalue weighted by atomic mass is 16.5. The summed E-state index contributed by atoms with van der Waals surface area (Å²) in [5, 5.41) is 28.7. The van der Waals surface area contributed by atoms with E-state index in [-0.39, 0.29) is 38.3 Å². The molecule has 49 heavy (non-hydrogen) atoms. The molecule has 3 rings (SSSR count). The minimum Gasteiger partial charge on any atom is -0.481 e. The summed E-state index contributed by atoms with van der Waals surface area (Å²) in [6, 6.07) is 9.45. The Morgan fingerprint density at radius 2 is 1.59 bits per heavy atom. The van der Waals surface area contributed by atoms with Crippen LogP contribution in [-0.2, 0) is 40.1 Å². The molecule has 6 atom stereocenters. The van der Waals surface area contributed by atoms with E-state index in [0.717, 1.165) is 16.3 Å². The van der Waals surface area contributed by atoms with Crippen molar-refractivity contribution in [2.75, 3.05) is 6.54 Å². The summed E-state index contributed by atoms with van der Waals surface area (Å²) in [6.45, 7) is 9.16. The number of hydrogen-bond acceptors (Lipinski definition) is 7. The minimum atomic E-state index is -1.18. The SMILES string of the molecule is CCC[C@H](NC(=O)[C@@H]1C[C@@H](OCc2cccc3ccccc23)CN1C(=O)[C@@H](NC(=O)[C@@H](NC(=O)CCC(=O)O)[C@@H](C)CC)C(C)C)C(=O)O. The third-order valence-electron chi connectivity index (χ3n) is 9.00. The average molecular weight is 683 g/mol. The number of rotatable bonds is 18. The molecule has 0 unspecified atom stereocenters. The number of hydrogen-bond donors (Lipinski definition) is 5. The number of carbonyl (C=O) groups excluding carboxylic acids is 4. The Hall–Kier alpha value is -4.52. The van der Waals surface area contributed by atoms with Gasteiger partial charge in [0.25, 0.3) is 0 Å². The Morgan fingerprint density at radius 3 is 2.22 bits per heavy atom. The molecule has 1 fully saturated rings. The first-order chi connectivity index (χ1) is 23.3. The monoisotopic (exact) mass is 682 g/mol. The first-order valence-corrected chi connectivity index (χ1v) is 17.0. The van der Waals surface area contributed by atoms with Crippen molar-refractivity contribution in [3.63, 3.8) is 0 Å². The number of aliphatic carboxylic acids is 2. The zero-order chi connectivity index (χ0) is 36.2. The Labute approximate surface area is 287 Å². The van der Waals surface area contributed by atoms with E-state index in [4.69, 9.17) is 9.84 Å². The maximum Gasteiger partial charge on any atom is 0.326 e. The fraction of sp³-hybridized carbons (Fsp3) is 0.556. The quantitative estimate of drug-likeness (QED) is 0.157. The number of fused-ring (bicyclic) bond motifs is 1. The number of carboxylic acids is 2. The Morgan fingerprint density at radius 1 is 0.898 bits per heavy atom. The van der Waals surface area contributed by atoms with Crippen molar-refractivity contribution in [2.45, 2.75) is 110 Å². The maximum absolute atomic E-state index is 14.2. The van der Waals surface area contributed by atoms with Crippen LogP contribution in [0, 0.1) is 11.8 Å². The van der Waals surface area contributed by atoms with E-state index >= 15 is 0 Å². The molecular weight excluding hydrogens is 632 g/mol. The highest BCUT2D eigenvalue weighted by molar-refractivity contribution is 5.96. The number of carboxylic acid groups (broad SMARTS) is 2. The molecule has 268 valence electrons. The summed E-state index contributed by atoms with van der Waals surface area (Å²) in [5.41, 5.74) is 0.937. The van der Waals surface area contributed by atoms with E-state index in [1.807, 2.05) is 56.3 Å². The molecule has 0 saturated carbocycles. The molecule has 0 radical (unpaired) electrons. The van der Waals surface area contributed by atoms with Crippen LogP contribution >= 0.6 is 0 Å². The van der Waals surface area contributed by atoms with Gasteiger partial charge in [0.05, 0.1) is 19.1 Å². The van der Waals surface area contributed by atoms with Crippen LogP contribution in [0.25, 0.3) is 10.8 Å². The van der Waals surface area contributed by atoms with Crippen molar-refractivity contribution in [3.8, 4) is 0 Å². The van der Waals surface area contributed by atoms with Crippen LogP contribution in [0.4, 0.5) is 0 Å². The minimum absolute atomic E-state index is 0.0347. The van der Waals surface area contributed by atoms with Crippen molar-refractivity contribution in [3.05, 3.63) is 48.0 Å². The van der Waals surface area contributed by atoms with E-state index in [0.29, 0.717) is 12.8 Å². The van der Waals surface area contributed by atoms with Gasteiger partial charge in [-0.2, -0.15) is 0 Å². The topological polar surface area (TPSA) is 191 Å². The molecule has 5 N–H and O–H groups in total. The van der Waals surface area contributed by atoms with Gasteiger partial charge in [-0.25, -0.2) is 4.79 Å². The van der Waals surface area contributed by atoms with Gasteiger partial charge in [0.2, 0.25) is 23.6 Å². The molecule has 4 amide bonds. The van der Waals surface area contributed by atoms with Gasteiger partial charge in [0, 0.05) is 19.4 Å². The fourth-order valence-corrected chi connectivity index (χ4v) is 5.95. The number of carbonyl (C=O) groups is 6. The molecule has 13 heteroatoms. The Kier molecular flexibility index (Phi) is 14.5. The lowest BCUT2D eigenvalue weighted by Gasteiger charge is -2.32. The van der Waals surface area contributed by atoms with E-state index < -0.39 is 78.2 Å². The fourth-order valence-electron chi connectivity index (χ4n) is 5.95. The Balaban J connectivity index is 1.85. The van der Waals surface area contributed by atoms with Crippen LogP contribution < -0.4 is 16.0 Å². The van der Waals surface area contributed by atoms with Crippen molar-refractivity contribution in [1.29, 1.82) is 0 Å². The Bertz CT molecular complexity index is 1490. The second-order valence-corrected chi connectivity index (χ2v) is 13.1. The number of amides is 4. The maximum atomic E-state index is 14.2. The van der Waals surface area contributed by atoms with Gasteiger partial charge in [0.1, 0.15) is 24.2 Å². The lowest BCUT2D eigenvalue weighted by molar-refractivity contribution is -0.145. The van der Waals surface area contributed by atoms with Gasteiger partial charge >= 0.3 is 11.9 Å². The molecule has 1 saturated heterocycles. The number of benzene rings is 2. The average Bonchev–Trinajstić information content (AvgIpc) is 3.51. The normalized spacial score (nSPS) is 18.4. The number of likely N-dealkylation sites (tertiary alicyclic amines) is 1. The highest BCUT2D eigenvalue weighted by Gasteiger charge is 2.44. The summed E-state index contributed by atoms with van der Waals surface area (Å²) in [6.07, 6.45) is 0.117. The number of ether oxygens (including phenoxy) is 1. The summed E-state index contributed by atoms with van der Waals surface area (Å²) >= 11 is 0. The van der Waals surface area contributed by atoms with Crippen LogP contribution in [0.2, 0.25) is 0 Å². The summed E-state index contributed by atoms with van der Waals surface area (Å²) in [5.74, 6) is -5.45. The largest absolute Gasteiger partial charge is 0.481 e. The molecule has 0 bridgehead atoms. The number of nitrogens with zero attached hydrogens (tertiary/aromatic N) is 1. The lowest BCUT2D eigenvalue weighted by Crippen LogP contribution is -2.59. The molecule has 2 aromatic rings. The molecule has 2 aromatic carbocycles. The van der Waals surface area contributed by atoms with Crippen LogP contribution in [0.1, 0.15) is 78.7 Å². The van der Waals surface area contributed by atoms with Crippen LogP contribution in [0.3, 0.4) is 0 Å². The van der Waals surface area contributed by atoms with E-state index in [2.05, 4.69) is 16.0 Å². The van der Waals surface area contributed by atoms with Gasteiger partial charge in [0.15, 0.2) is 0 Å². The molecule has 0 aromatic heterocycles. The predicted octanol–water partition coefficient (Wildman–Crippen LogP) is 3.23. The first kappa shape index (κ1) is 38.9. The van der Waals surface area contributed by atoms with E-state index in [1.54, 1.807) is 20.8 Å². The van der Waals surface area contributed by atoms with E-state index in [1.165, 1.54) is 4.90 Å². The van der Waals surface area contributed by atoms with Gasteiger partial charge in [-0.3, -0.25) is 24.0 Å². The molecule has 1 aliphatic rings. The van der Waals surface area contributed by atoms with Gasteiger partial charge in [-0.05, 0) is 34.6 Å². The van der Waals surface area contributed by atoms with Crippen molar-refractivity contribution < 1.29 is 43.7 Å². The van der Waals surface area contributed by atoms with Crippen molar-refractivity contribution >= 4 is 46.3 Å². The van der Waals surface area contributed by atoms with Gasteiger partial charge in [-0.1, -0.05) is 89.9 Å². The zero-order valence-electron chi connectivity index (χ0n) is 28.9.